The lowest BCUT2D eigenvalue weighted by molar-refractivity contribution is -0.143. The number of nitrogens with one attached hydrogen (secondary N) is 1. The molecule has 6 nitrogen and oxygen atoms in total. The van der Waals surface area contributed by atoms with Gasteiger partial charge < -0.3 is 20.1 Å². The molecule has 21 heavy (non-hydrogen) atoms. The number of urea groups is 1. The summed E-state index contributed by atoms with van der Waals surface area (Å²) in [7, 11) is 0. The molecule has 2 N–H and O–H groups in total. The minimum Gasteiger partial charge on any atom is -0.480 e. The second-order valence-electron chi connectivity index (χ2n) is 6.55. The molecule has 0 aromatic carbocycles. The second kappa shape index (κ2) is 6.22. The molecule has 3 unspecified atom stereocenters. The van der Waals surface area contributed by atoms with Gasteiger partial charge in [-0.3, -0.25) is 0 Å². The van der Waals surface area contributed by atoms with Crippen molar-refractivity contribution >= 4 is 12.0 Å². The number of rotatable bonds is 4. The van der Waals surface area contributed by atoms with Gasteiger partial charge in [-0.2, -0.15) is 0 Å². The maximum absolute atomic E-state index is 12.4. The Bertz CT molecular complexity index is 410. The molecule has 1 saturated carbocycles. The second-order valence-corrected chi connectivity index (χ2v) is 6.55. The maximum Gasteiger partial charge on any atom is 0.326 e. The number of carbonyl (C=O) groups excluding carboxylic acids is 1. The topological polar surface area (TPSA) is 78.9 Å². The van der Waals surface area contributed by atoms with Gasteiger partial charge >= 0.3 is 12.0 Å². The zero-order valence-corrected chi connectivity index (χ0v) is 13.1. The predicted octanol–water partition coefficient (Wildman–Crippen LogP) is 1.84. The number of hydrogen-bond acceptors (Lipinski definition) is 3. The van der Waals surface area contributed by atoms with Crippen molar-refractivity contribution in [1.29, 1.82) is 0 Å². The Morgan fingerprint density at radius 2 is 2.10 bits per heavy atom. The van der Waals surface area contributed by atoms with Crippen LogP contribution in [0.15, 0.2) is 0 Å². The molecule has 1 saturated heterocycles. The first-order valence-electron chi connectivity index (χ1n) is 7.79. The quantitative estimate of drug-likeness (QED) is 0.830. The molecule has 1 aliphatic heterocycles. The van der Waals surface area contributed by atoms with Crippen LogP contribution in [0.1, 0.15) is 46.5 Å². The van der Waals surface area contributed by atoms with Crippen molar-refractivity contribution in [2.24, 2.45) is 5.41 Å². The third-order valence-corrected chi connectivity index (χ3v) is 4.89. The molecular weight excluding hydrogens is 272 g/mol. The van der Waals surface area contributed by atoms with E-state index in [1.54, 1.807) is 0 Å². The van der Waals surface area contributed by atoms with Crippen LogP contribution in [0.3, 0.4) is 0 Å². The lowest BCUT2D eigenvalue weighted by atomic mass is 9.64. The number of amides is 2. The first-order valence-corrected chi connectivity index (χ1v) is 7.79. The molecule has 1 heterocycles. The first-order chi connectivity index (χ1) is 9.87. The Morgan fingerprint density at radius 1 is 1.38 bits per heavy atom. The van der Waals surface area contributed by atoms with E-state index in [-0.39, 0.29) is 23.6 Å². The van der Waals surface area contributed by atoms with Crippen molar-refractivity contribution in [3.8, 4) is 0 Å². The highest BCUT2D eigenvalue weighted by Gasteiger charge is 2.50. The average Bonchev–Trinajstić information content (AvgIpc) is 2.46. The van der Waals surface area contributed by atoms with Crippen molar-refractivity contribution in [1.82, 2.24) is 10.2 Å². The molecule has 120 valence electrons. The summed E-state index contributed by atoms with van der Waals surface area (Å²) in [6.45, 7) is 7.30. The number of likely N-dealkylation sites (tertiary alicyclic amines) is 1. The van der Waals surface area contributed by atoms with Gasteiger partial charge in [-0.25, -0.2) is 9.59 Å². The Morgan fingerprint density at radius 3 is 2.67 bits per heavy atom. The molecule has 0 bridgehead atoms. The standard InChI is InChI=1S/C15H26N2O4/c1-4-21-12-9-11(15(12,2)3)16-14(20)17-8-6-5-7-10(17)13(18)19/h10-12H,4-9H2,1-3H3,(H,16,20)(H,18,19). The van der Waals surface area contributed by atoms with E-state index in [0.717, 1.165) is 19.3 Å². The molecule has 2 aliphatic rings. The van der Waals surface area contributed by atoms with Crippen molar-refractivity contribution < 1.29 is 19.4 Å². The van der Waals surface area contributed by atoms with Gasteiger partial charge in [0.2, 0.25) is 0 Å². The van der Waals surface area contributed by atoms with E-state index in [9.17, 15) is 14.7 Å². The fourth-order valence-corrected chi connectivity index (χ4v) is 3.28. The van der Waals surface area contributed by atoms with Crippen LogP contribution in [-0.2, 0) is 9.53 Å². The molecule has 0 radical (unpaired) electrons. The molecule has 1 aliphatic carbocycles. The summed E-state index contributed by atoms with van der Waals surface area (Å²) < 4.78 is 5.65. The Hall–Kier alpha value is -1.30. The van der Waals surface area contributed by atoms with Crippen LogP contribution >= 0.6 is 0 Å². The van der Waals surface area contributed by atoms with Crippen molar-refractivity contribution in [3.63, 3.8) is 0 Å². The third-order valence-electron chi connectivity index (χ3n) is 4.89. The highest BCUT2D eigenvalue weighted by Crippen LogP contribution is 2.42. The van der Waals surface area contributed by atoms with Gasteiger partial charge in [0.05, 0.1) is 6.10 Å². The number of carboxylic acid groups (broad SMARTS) is 1. The van der Waals surface area contributed by atoms with Gasteiger partial charge in [-0.1, -0.05) is 13.8 Å². The van der Waals surface area contributed by atoms with Crippen LogP contribution < -0.4 is 5.32 Å². The molecule has 0 aromatic rings. The van der Waals surface area contributed by atoms with E-state index >= 15 is 0 Å². The van der Waals surface area contributed by atoms with Crippen LogP contribution in [0.5, 0.6) is 0 Å². The van der Waals surface area contributed by atoms with Crippen LogP contribution in [0.25, 0.3) is 0 Å². The lowest BCUT2D eigenvalue weighted by Gasteiger charge is -2.52. The minimum absolute atomic E-state index is 0.0397. The van der Waals surface area contributed by atoms with E-state index in [2.05, 4.69) is 19.2 Å². The van der Waals surface area contributed by atoms with E-state index in [0.29, 0.717) is 19.6 Å². The fourth-order valence-electron chi connectivity index (χ4n) is 3.28. The number of ether oxygens (including phenoxy) is 1. The summed E-state index contributed by atoms with van der Waals surface area (Å²) in [5.74, 6) is -0.912. The summed E-state index contributed by atoms with van der Waals surface area (Å²) in [5.41, 5.74) is -0.111. The van der Waals surface area contributed by atoms with Crippen LogP contribution in [0.4, 0.5) is 4.79 Å². The maximum atomic E-state index is 12.4. The number of piperidine rings is 1. The van der Waals surface area contributed by atoms with E-state index in [1.807, 2.05) is 6.92 Å². The van der Waals surface area contributed by atoms with Crippen LogP contribution in [0.2, 0.25) is 0 Å². The smallest absolute Gasteiger partial charge is 0.326 e. The van der Waals surface area contributed by atoms with Gasteiger partial charge in [0.25, 0.3) is 0 Å². The number of hydrogen-bond donors (Lipinski definition) is 2. The average molecular weight is 298 g/mol. The Labute approximate surface area is 125 Å². The van der Waals surface area contributed by atoms with E-state index in [1.165, 1.54) is 4.90 Å². The highest BCUT2D eigenvalue weighted by atomic mass is 16.5. The number of carbonyl (C=O) groups is 2. The SMILES string of the molecule is CCOC1CC(NC(=O)N2CCCCC2C(=O)O)C1(C)C. The van der Waals surface area contributed by atoms with Gasteiger partial charge in [0, 0.05) is 24.6 Å². The zero-order valence-electron chi connectivity index (χ0n) is 13.1. The highest BCUT2D eigenvalue weighted by molar-refractivity contribution is 5.83. The molecule has 2 amide bonds. The van der Waals surface area contributed by atoms with Crippen molar-refractivity contribution in [2.75, 3.05) is 13.2 Å². The minimum atomic E-state index is -0.912. The van der Waals surface area contributed by atoms with Gasteiger partial charge in [0.15, 0.2) is 0 Å². The summed E-state index contributed by atoms with van der Waals surface area (Å²) in [5, 5.41) is 12.2. The normalized spacial score (nSPS) is 31.4. The summed E-state index contributed by atoms with van der Waals surface area (Å²) >= 11 is 0. The van der Waals surface area contributed by atoms with Crippen LogP contribution in [-0.4, -0.2) is 53.3 Å². The molecule has 6 heteroatoms. The van der Waals surface area contributed by atoms with Gasteiger partial charge in [-0.15, -0.1) is 0 Å². The Balaban J connectivity index is 1.94. The van der Waals surface area contributed by atoms with Crippen molar-refractivity contribution in [2.45, 2.75) is 64.6 Å². The first kappa shape index (κ1) is 16.1. The van der Waals surface area contributed by atoms with Crippen molar-refractivity contribution in [3.05, 3.63) is 0 Å². The summed E-state index contributed by atoms with van der Waals surface area (Å²) in [6, 6.07) is -0.905. The van der Waals surface area contributed by atoms with Gasteiger partial charge in [-0.05, 0) is 32.6 Å². The lowest BCUT2D eigenvalue weighted by Crippen LogP contribution is -2.64. The fraction of sp³-hybridized carbons (Fsp3) is 0.867. The molecule has 3 atom stereocenters. The summed E-state index contributed by atoms with van der Waals surface area (Å²) in [4.78, 5) is 25.1. The largest absolute Gasteiger partial charge is 0.480 e. The van der Waals surface area contributed by atoms with E-state index < -0.39 is 12.0 Å². The van der Waals surface area contributed by atoms with Gasteiger partial charge in [0.1, 0.15) is 6.04 Å². The van der Waals surface area contributed by atoms with Crippen LogP contribution in [0, 0.1) is 5.41 Å². The number of nitrogens with zero attached hydrogens (tertiary/aromatic N) is 1. The monoisotopic (exact) mass is 298 g/mol. The predicted molar refractivity (Wildman–Crippen MR) is 78.1 cm³/mol. The molecular formula is C15H26N2O4. The number of carboxylic acids is 1. The number of aliphatic carboxylic acids is 1. The third kappa shape index (κ3) is 3.15. The Kier molecular flexibility index (Phi) is 4.76. The zero-order chi connectivity index (χ0) is 15.6. The molecule has 0 aromatic heterocycles. The van der Waals surface area contributed by atoms with E-state index in [4.69, 9.17) is 4.74 Å². The summed E-state index contributed by atoms with van der Waals surface area (Å²) in [6.07, 6.45) is 3.22. The molecule has 2 fully saturated rings. The molecule has 2 rings (SSSR count). The molecule has 0 spiro atoms.